The number of rotatable bonds is 7. The molecule has 0 saturated heterocycles. The normalized spacial score (nSPS) is 16.8. The van der Waals surface area contributed by atoms with Crippen molar-refractivity contribution in [2.45, 2.75) is 112 Å². The molecule has 0 nitrogen and oxygen atoms in total. The molecule has 0 amide bonds. The minimum atomic E-state index is -2.94. The Hall–Kier alpha value is -0.408. The van der Waals surface area contributed by atoms with E-state index in [1.54, 1.807) is 31.1 Å². The molecule has 0 radical (unpaired) electrons. The van der Waals surface area contributed by atoms with Gasteiger partial charge in [-0.15, -0.1) is 6.92 Å². The summed E-state index contributed by atoms with van der Waals surface area (Å²) in [6, 6.07) is 21.9. The maximum Gasteiger partial charge on any atom is 4.00 e. The fourth-order valence-corrected chi connectivity index (χ4v) is 24.6. The molecule has 4 rings (SSSR count). The third-order valence-electron chi connectivity index (χ3n) is 10.4. The Morgan fingerprint density at radius 3 is 0.979 bits per heavy atom. The topological polar surface area (TPSA) is 0 Å². The first-order chi connectivity index (χ1) is 19.6. The van der Waals surface area contributed by atoms with E-state index in [9.17, 15) is 0 Å². The number of hydrogen-bond acceptors (Lipinski definition) is 0. The van der Waals surface area contributed by atoms with Crippen LogP contribution in [0, 0.1) is 26.8 Å². The van der Waals surface area contributed by atoms with E-state index in [1.807, 2.05) is 0 Å². The molecule has 1 atom stereocenters. The van der Waals surface area contributed by atoms with Crippen LogP contribution in [-0.4, -0.2) is 32.3 Å². The summed E-state index contributed by atoms with van der Waals surface area (Å²) in [5, 5.41) is 9.77. The first kappa shape index (κ1) is 46.6. The van der Waals surface area contributed by atoms with E-state index in [2.05, 4.69) is 168 Å². The number of allylic oxidation sites excluding steroid dienone is 4. The molecule has 254 valence electrons. The van der Waals surface area contributed by atoms with E-state index >= 15 is 0 Å². The van der Waals surface area contributed by atoms with Crippen LogP contribution in [0.4, 0.5) is 0 Å². The molecular weight excluding hydrogens is 735 g/mol. The van der Waals surface area contributed by atoms with Crippen LogP contribution in [0.2, 0.25) is 64.0 Å². The summed E-state index contributed by atoms with van der Waals surface area (Å²) < 4.78 is 0. The van der Waals surface area contributed by atoms with Gasteiger partial charge in [0, 0.05) is 0 Å². The Bertz CT molecular complexity index is 1500. The third kappa shape index (κ3) is 7.77. The Balaban J connectivity index is 0.00000529. The van der Waals surface area contributed by atoms with Crippen molar-refractivity contribution in [1.29, 1.82) is 0 Å². The van der Waals surface area contributed by atoms with Crippen LogP contribution in [0.5, 0.6) is 0 Å². The Morgan fingerprint density at radius 2 is 0.766 bits per heavy atom. The van der Waals surface area contributed by atoms with Gasteiger partial charge in [0.05, 0.1) is 24.2 Å². The van der Waals surface area contributed by atoms with Gasteiger partial charge in [-0.1, -0.05) is 172 Å². The average Bonchev–Trinajstić information content (AvgIpc) is 3.07. The Kier molecular flexibility index (Phi) is 15.7. The molecule has 47 heavy (non-hydrogen) atoms. The van der Waals surface area contributed by atoms with Crippen molar-refractivity contribution in [2.24, 2.45) is 0 Å². The van der Waals surface area contributed by atoms with E-state index < -0.39 is 32.3 Å². The van der Waals surface area contributed by atoms with Gasteiger partial charge in [0.25, 0.3) is 0 Å². The van der Waals surface area contributed by atoms with E-state index in [1.165, 1.54) is 33.4 Å². The maximum atomic E-state index is 4.33. The van der Waals surface area contributed by atoms with E-state index in [0.717, 1.165) is 0 Å². The SMILES string of the molecule is CC1=[C-]C(C)([Si](c2c(C)cccc2[Si](C)(C)C)(c2c(C)cccc2[Si](C)(C)C)c2c(C)cccc2[Si](C)(C)C)C(C)=C1C.[Cl-].[Cl-].[Cl-].[Ti+4]. The van der Waals surface area contributed by atoms with Crippen LogP contribution in [0.15, 0.2) is 71.3 Å². The zero-order valence-corrected chi connectivity index (χ0v) is 39.7. The average molecular weight is 792 g/mol. The summed E-state index contributed by atoms with van der Waals surface area (Å²) >= 11 is 0. The molecule has 0 spiro atoms. The molecule has 0 bridgehead atoms. The second kappa shape index (κ2) is 15.9. The van der Waals surface area contributed by atoms with Crippen molar-refractivity contribution in [3.63, 3.8) is 0 Å². The van der Waals surface area contributed by atoms with Crippen LogP contribution >= 0.6 is 0 Å². The molecule has 1 unspecified atom stereocenters. The van der Waals surface area contributed by atoms with Gasteiger partial charge in [-0.2, -0.15) is 11.1 Å². The summed E-state index contributed by atoms with van der Waals surface area (Å²) in [4.78, 5) is 0. The van der Waals surface area contributed by atoms with E-state index in [-0.39, 0.29) is 64.0 Å². The molecule has 0 aromatic heterocycles. The Morgan fingerprint density at radius 1 is 0.489 bits per heavy atom. The molecule has 0 saturated carbocycles. The predicted octanol–water partition coefficient (Wildman–Crippen LogP) is -1.41. The third-order valence-corrected chi connectivity index (χ3v) is 23.5. The molecule has 3 aromatic rings. The quantitative estimate of drug-likeness (QED) is 0.157. The molecule has 0 aliphatic heterocycles. The van der Waals surface area contributed by atoms with Crippen LogP contribution in [0.3, 0.4) is 0 Å². The number of hydrogen-bond donors (Lipinski definition) is 0. The van der Waals surface area contributed by atoms with Gasteiger partial charge >= 0.3 is 21.7 Å². The van der Waals surface area contributed by atoms with Crippen molar-refractivity contribution in [3.05, 3.63) is 94.1 Å². The molecule has 1 aliphatic rings. The van der Waals surface area contributed by atoms with Crippen molar-refractivity contribution >= 4 is 63.4 Å². The second-order valence-electron chi connectivity index (χ2n) is 16.6. The van der Waals surface area contributed by atoms with Gasteiger partial charge in [-0.3, -0.25) is 6.08 Å². The van der Waals surface area contributed by atoms with Gasteiger partial charge in [-0.05, 0) is 36.3 Å². The van der Waals surface area contributed by atoms with Crippen molar-refractivity contribution in [1.82, 2.24) is 0 Å². The van der Waals surface area contributed by atoms with Crippen LogP contribution in [0.25, 0.3) is 0 Å². The zero-order chi connectivity index (χ0) is 32.5. The molecule has 0 N–H and O–H groups in total. The number of aryl methyl sites for hydroxylation is 3. The van der Waals surface area contributed by atoms with E-state index in [4.69, 9.17) is 0 Å². The largest absolute Gasteiger partial charge is 4.00 e. The molecule has 1 aliphatic carbocycles. The van der Waals surface area contributed by atoms with Gasteiger partial charge in [0.2, 0.25) is 0 Å². The van der Waals surface area contributed by atoms with Gasteiger partial charge < -0.3 is 37.2 Å². The van der Waals surface area contributed by atoms with Crippen LogP contribution < -0.4 is 68.3 Å². The smallest absolute Gasteiger partial charge is 1.00 e. The summed E-state index contributed by atoms with van der Waals surface area (Å²) in [5.41, 5.74) is 8.72. The van der Waals surface area contributed by atoms with Gasteiger partial charge in [0.1, 0.15) is 8.07 Å². The zero-order valence-electron chi connectivity index (χ0n) is 31.8. The van der Waals surface area contributed by atoms with Crippen molar-refractivity contribution < 1.29 is 58.9 Å². The second-order valence-corrected chi connectivity index (χ2v) is 35.7. The first-order valence-electron chi connectivity index (χ1n) is 16.2. The summed E-state index contributed by atoms with van der Waals surface area (Å²) in [6.07, 6.45) is 4.33. The molecule has 0 heterocycles. The minimum absolute atomic E-state index is 0. The number of halogens is 3. The fraction of sp³-hybridized carbons (Fsp3) is 0.436. The standard InChI is InChI=1S/C39H57Si4.3ClH.Ti/c1-27-20-17-23-33(40(8,9)10)36(27)43(39(7)26-30(4)31(5)32(39)6,37-28(2)21-18-24-34(37)41(11,12)13)38-29(3)22-19-25-35(38)42(14,15)16;;;;/h17-25H,1-16H3;3*1H;/q-1;;;;+4/p-3. The number of benzene rings is 3. The molecule has 0 fully saturated rings. The monoisotopic (exact) mass is 790 g/mol. The molecule has 3 aromatic carbocycles. The van der Waals surface area contributed by atoms with Crippen LogP contribution in [0.1, 0.15) is 44.4 Å². The summed E-state index contributed by atoms with van der Waals surface area (Å²) in [6.45, 7) is 40.1. The molecular formula is C39H57Cl3Si4Ti. The Labute approximate surface area is 326 Å². The molecule has 8 heteroatoms. The van der Waals surface area contributed by atoms with Crippen LogP contribution in [-0.2, 0) is 21.7 Å². The fourth-order valence-electron chi connectivity index (χ4n) is 8.09. The van der Waals surface area contributed by atoms with Gasteiger partial charge in [0.15, 0.2) is 0 Å². The summed E-state index contributed by atoms with van der Waals surface area (Å²) in [7, 11) is -8.28. The summed E-state index contributed by atoms with van der Waals surface area (Å²) in [5.74, 6) is 0. The van der Waals surface area contributed by atoms with Crippen molar-refractivity contribution in [2.75, 3.05) is 0 Å². The van der Waals surface area contributed by atoms with E-state index in [0.29, 0.717) is 0 Å². The predicted molar refractivity (Wildman–Crippen MR) is 206 cm³/mol. The first-order valence-corrected chi connectivity index (χ1v) is 28.7. The van der Waals surface area contributed by atoms with Crippen molar-refractivity contribution in [3.8, 4) is 0 Å². The van der Waals surface area contributed by atoms with Gasteiger partial charge in [-0.25, -0.2) is 5.57 Å². The minimum Gasteiger partial charge on any atom is -1.00 e. The maximum absolute atomic E-state index is 4.33.